The summed E-state index contributed by atoms with van der Waals surface area (Å²) in [5, 5.41) is 0. The number of nitrogens with zero attached hydrogens (tertiary/aromatic N) is 3. The first kappa shape index (κ1) is 17.9. The van der Waals surface area contributed by atoms with Crippen LogP contribution in [0.25, 0.3) is 0 Å². The van der Waals surface area contributed by atoms with Gasteiger partial charge in [-0.15, -0.1) is 0 Å². The average molecular weight is 339 g/mol. The molecule has 0 bridgehead atoms. The topological polar surface area (TPSA) is 28.6 Å². The van der Waals surface area contributed by atoms with Gasteiger partial charge in [-0.2, -0.15) is 0 Å². The number of benzene rings is 1. The molecule has 1 fully saturated rings. The van der Waals surface area contributed by atoms with Crippen LogP contribution in [0.1, 0.15) is 30.5 Å². The number of rotatable bonds is 6. The molecular formula is C21H29N3O. The number of hydrogen-bond acceptors (Lipinski definition) is 4. The molecule has 1 aliphatic rings. The van der Waals surface area contributed by atoms with Gasteiger partial charge >= 0.3 is 0 Å². The Kier molecular flexibility index (Phi) is 6.42. The highest BCUT2D eigenvalue weighted by atomic mass is 16.5. The predicted octanol–water partition coefficient (Wildman–Crippen LogP) is 3.58. The van der Waals surface area contributed by atoms with Crippen molar-refractivity contribution in [2.45, 2.75) is 38.5 Å². The molecule has 1 aromatic heterocycles. The lowest BCUT2D eigenvalue weighted by Gasteiger charge is -2.28. The molecule has 3 rings (SSSR count). The Morgan fingerprint density at radius 1 is 1.16 bits per heavy atom. The van der Waals surface area contributed by atoms with Crippen molar-refractivity contribution in [2.75, 3.05) is 27.2 Å². The summed E-state index contributed by atoms with van der Waals surface area (Å²) in [6, 6.07) is 15.0. The van der Waals surface area contributed by atoms with Crippen molar-refractivity contribution in [1.29, 1.82) is 0 Å². The van der Waals surface area contributed by atoms with Gasteiger partial charge in [0.2, 0.25) is 0 Å². The monoisotopic (exact) mass is 339 g/mol. The molecule has 1 atom stereocenters. The van der Waals surface area contributed by atoms with E-state index in [1.54, 1.807) is 6.20 Å². The molecule has 4 heteroatoms. The molecule has 0 radical (unpaired) electrons. The van der Waals surface area contributed by atoms with Crippen LogP contribution >= 0.6 is 0 Å². The number of pyridine rings is 1. The molecule has 0 spiro atoms. The zero-order valence-electron chi connectivity index (χ0n) is 15.4. The summed E-state index contributed by atoms with van der Waals surface area (Å²) >= 11 is 0. The molecule has 0 saturated carbocycles. The Morgan fingerprint density at radius 2 is 2.08 bits per heavy atom. The summed E-state index contributed by atoms with van der Waals surface area (Å²) in [5.74, 6) is 0.919. The van der Waals surface area contributed by atoms with Crippen LogP contribution in [0.2, 0.25) is 0 Å². The largest absolute Gasteiger partial charge is 0.487 e. The van der Waals surface area contributed by atoms with E-state index in [1.807, 2.05) is 24.3 Å². The first-order valence-corrected chi connectivity index (χ1v) is 9.21. The van der Waals surface area contributed by atoms with Gasteiger partial charge in [0.05, 0.1) is 5.69 Å². The van der Waals surface area contributed by atoms with Crippen LogP contribution in [0.5, 0.6) is 5.75 Å². The molecule has 25 heavy (non-hydrogen) atoms. The Balaban J connectivity index is 1.59. The number of likely N-dealkylation sites (tertiary alicyclic amines) is 1. The van der Waals surface area contributed by atoms with Crippen LogP contribution in [-0.4, -0.2) is 48.0 Å². The fourth-order valence-electron chi connectivity index (χ4n) is 3.39. The Bertz CT molecular complexity index is 645. The molecular weight excluding hydrogens is 310 g/mol. The molecule has 134 valence electrons. The molecule has 0 N–H and O–H groups in total. The van der Waals surface area contributed by atoms with E-state index in [-0.39, 0.29) is 0 Å². The standard InChI is InChI=1S/C21H29N3O/c1-23(2)20-10-4-6-13-24(16-20)15-18-8-7-11-21(14-18)25-17-19-9-3-5-12-22-19/h3,5,7-9,11-12,14,20H,4,6,10,13,15-17H2,1-2H3. The Labute approximate surface area is 151 Å². The van der Waals surface area contributed by atoms with Crippen molar-refractivity contribution in [2.24, 2.45) is 0 Å². The van der Waals surface area contributed by atoms with Gasteiger partial charge < -0.3 is 9.64 Å². The number of ether oxygens (including phenoxy) is 1. The number of hydrogen-bond donors (Lipinski definition) is 0. The Hall–Kier alpha value is -1.91. The third-order valence-corrected chi connectivity index (χ3v) is 4.88. The minimum absolute atomic E-state index is 0.511. The smallest absolute Gasteiger partial charge is 0.130 e. The minimum Gasteiger partial charge on any atom is -0.487 e. The normalized spacial score (nSPS) is 18.9. The van der Waals surface area contributed by atoms with Crippen LogP contribution in [0.4, 0.5) is 0 Å². The molecule has 4 nitrogen and oxygen atoms in total. The van der Waals surface area contributed by atoms with Crippen molar-refractivity contribution < 1.29 is 4.74 Å². The fraction of sp³-hybridized carbons (Fsp3) is 0.476. The van der Waals surface area contributed by atoms with Crippen LogP contribution in [0, 0.1) is 0 Å². The van der Waals surface area contributed by atoms with Crippen molar-refractivity contribution in [1.82, 2.24) is 14.8 Å². The van der Waals surface area contributed by atoms with Crippen LogP contribution < -0.4 is 4.74 Å². The highest BCUT2D eigenvalue weighted by Gasteiger charge is 2.19. The first-order valence-electron chi connectivity index (χ1n) is 9.21. The van der Waals surface area contributed by atoms with E-state index in [9.17, 15) is 0 Å². The second-order valence-corrected chi connectivity index (χ2v) is 7.11. The predicted molar refractivity (Wildman–Crippen MR) is 102 cm³/mol. The highest BCUT2D eigenvalue weighted by molar-refractivity contribution is 5.28. The van der Waals surface area contributed by atoms with Crippen molar-refractivity contribution in [3.8, 4) is 5.75 Å². The van der Waals surface area contributed by atoms with E-state index in [0.717, 1.165) is 24.5 Å². The van der Waals surface area contributed by atoms with E-state index in [4.69, 9.17) is 4.74 Å². The van der Waals surface area contributed by atoms with Crippen molar-refractivity contribution in [3.05, 3.63) is 59.9 Å². The van der Waals surface area contributed by atoms with Gasteiger partial charge in [0.15, 0.2) is 0 Å². The molecule has 1 saturated heterocycles. The van der Waals surface area contributed by atoms with Crippen LogP contribution in [-0.2, 0) is 13.2 Å². The van der Waals surface area contributed by atoms with Gasteiger partial charge in [-0.25, -0.2) is 0 Å². The second kappa shape index (κ2) is 8.97. The van der Waals surface area contributed by atoms with Gasteiger partial charge in [0.1, 0.15) is 12.4 Å². The van der Waals surface area contributed by atoms with Gasteiger partial charge in [0, 0.05) is 25.3 Å². The van der Waals surface area contributed by atoms with Crippen molar-refractivity contribution in [3.63, 3.8) is 0 Å². The van der Waals surface area contributed by atoms with E-state index < -0.39 is 0 Å². The highest BCUT2D eigenvalue weighted by Crippen LogP contribution is 2.19. The van der Waals surface area contributed by atoms with E-state index >= 15 is 0 Å². The lowest BCUT2D eigenvalue weighted by atomic mass is 10.1. The SMILES string of the molecule is CN(C)C1CCCCN(Cc2cccc(OCc3ccccn3)c2)C1. The molecule has 0 aliphatic carbocycles. The molecule has 0 amide bonds. The fourth-order valence-corrected chi connectivity index (χ4v) is 3.39. The molecule has 2 heterocycles. The lowest BCUT2D eigenvalue weighted by molar-refractivity contribution is 0.191. The van der Waals surface area contributed by atoms with E-state index in [2.05, 4.69) is 47.1 Å². The van der Waals surface area contributed by atoms with Crippen LogP contribution in [0.15, 0.2) is 48.7 Å². The summed E-state index contributed by atoms with van der Waals surface area (Å²) in [6.45, 7) is 3.83. The van der Waals surface area contributed by atoms with E-state index in [0.29, 0.717) is 12.6 Å². The third-order valence-electron chi connectivity index (χ3n) is 4.88. The van der Waals surface area contributed by atoms with Gasteiger partial charge in [-0.1, -0.05) is 24.6 Å². The van der Waals surface area contributed by atoms with Gasteiger partial charge in [-0.05, 0) is 63.3 Å². The zero-order valence-corrected chi connectivity index (χ0v) is 15.4. The maximum absolute atomic E-state index is 5.92. The first-order chi connectivity index (χ1) is 12.2. The van der Waals surface area contributed by atoms with Gasteiger partial charge in [0.25, 0.3) is 0 Å². The molecule has 1 aromatic carbocycles. The summed E-state index contributed by atoms with van der Waals surface area (Å²) < 4.78 is 5.92. The quantitative estimate of drug-likeness (QED) is 0.804. The van der Waals surface area contributed by atoms with Gasteiger partial charge in [-0.3, -0.25) is 9.88 Å². The maximum atomic E-state index is 5.92. The second-order valence-electron chi connectivity index (χ2n) is 7.11. The number of likely N-dealkylation sites (N-methyl/N-ethyl adjacent to an activating group) is 1. The Morgan fingerprint density at radius 3 is 2.88 bits per heavy atom. The number of aromatic nitrogens is 1. The summed E-state index contributed by atoms with van der Waals surface area (Å²) in [7, 11) is 4.39. The molecule has 2 aromatic rings. The molecule has 1 unspecified atom stereocenters. The van der Waals surface area contributed by atoms with Crippen LogP contribution in [0.3, 0.4) is 0 Å². The van der Waals surface area contributed by atoms with Crippen molar-refractivity contribution >= 4 is 0 Å². The maximum Gasteiger partial charge on any atom is 0.130 e. The average Bonchev–Trinajstić information content (AvgIpc) is 2.87. The zero-order chi connectivity index (χ0) is 17.5. The van der Waals surface area contributed by atoms with E-state index in [1.165, 1.54) is 31.4 Å². The summed E-state index contributed by atoms with van der Waals surface area (Å²) in [5.41, 5.74) is 2.27. The molecule has 1 aliphatic heterocycles. The lowest BCUT2D eigenvalue weighted by Crippen LogP contribution is -2.38. The summed E-state index contributed by atoms with van der Waals surface area (Å²) in [6.07, 6.45) is 5.72. The summed E-state index contributed by atoms with van der Waals surface area (Å²) in [4.78, 5) is 9.25. The minimum atomic E-state index is 0.511. The third kappa shape index (κ3) is 5.55.